The summed E-state index contributed by atoms with van der Waals surface area (Å²) < 4.78 is 0. The zero-order valence-corrected chi connectivity index (χ0v) is 14.3. The zero-order chi connectivity index (χ0) is 16.3. The van der Waals surface area contributed by atoms with Gasteiger partial charge in [0.1, 0.15) is 0 Å². The van der Waals surface area contributed by atoms with Gasteiger partial charge in [-0.3, -0.25) is 4.79 Å². The van der Waals surface area contributed by atoms with E-state index >= 15 is 0 Å². The number of hydrogen-bond acceptors (Lipinski definition) is 2. The fraction of sp³-hybridized carbons (Fsp3) is 0.650. The van der Waals surface area contributed by atoms with Gasteiger partial charge >= 0.3 is 0 Å². The molecular formula is C20H30N2O. The van der Waals surface area contributed by atoms with Gasteiger partial charge in [-0.25, -0.2) is 0 Å². The van der Waals surface area contributed by atoms with Gasteiger partial charge in [0.15, 0.2) is 0 Å². The molecule has 0 bridgehead atoms. The molecule has 2 aliphatic carbocycles. The molecule has 1 aromatic rings. The van der Waals surface area contributed by atoms with E-state index in [0.29, 0.717) is 6.04 Å². The molecular weight excluding hydrogens is 284 g/mol. The summed E-state index contributed by atoms with van der Waals surface area (Å²) >= 11 is 0. The average Bonchev–Trinajstić information content (AvgIpc) is 3.27. The van der Waals surface area contributed by atoms with Gasteiger partial charge in [0.05, 0.1) is 0 Å². The quantitative estimate of drug-likeness (QED) is 0.846. The minimum Gasteiger partial charge on any atom is -0.353 e. The first-order valence-corrected chi connectivity index (χ1v) is 9.21. The van der Waals surface area contributed by atoms with Crippen LogP contribution in [0, 0.1) is 5.92 Å². The Bertz CT molecular complexity index is 527. The Balaban J connectivity index is 1.48. The SMILES string of the molecule is CC(Cc1ccc(CC2(N)CC2)cc1)C(=O)NC1CCCCC1. The second kappa shape index (κ2) is 7.04. The van der Waals surface area contributed by atoms with Crippen LogP contribution in [0.3, 0.4) is 0 Å². The van der Waals surface area contributed by atoms with E-state index in [0.717, 1.165) is 38.5 Å². The highest BCUT2D eigenvalue weighted by Gasteiger charge is 2.37. The van der Waals surface area contributed by atoms with Crippen molar-refractivity contribution in [2.45, 2.75) is 76.3 Å². The third-order valence-corrected chi connectivity index (χ3v) is 5.41. The highest BCUT2D eigenvalue weighted by molar-refractivity contribution is 5.78. The summed E-state index contributed by atoms with van der Waals surface area (Å²) in [6, 6.07) is 9.07. The van der Waals surface area contributed by atoms with Crippen LogP contribution in [0.1, 0.15) is 63.0 Å². The molecule has 0 heterocycles. The van der Waals surface area contributed by atoms with Gasteiger partial charge in [-0.1, -0.05) is 50.5 Å². The minimum atomic E-state index is 0.0343. The zero-order valence-electron chi connectivity index (χ0n) is 14.3. The number of carbonyl (C=O) groups is 1. The molecule has 1 amide bonds. The highest BCUT2D eigenvalue weighted by Crippen LogP contribution is 2.35. The van der Waals surface area contributed by atoms with E-state index in [-0.39, 0.29) is 17.4 Å². The van der Waals surface area contributed by atoms with E-state index in [4.69, 9.17) is 5.73 Å². The van der Waals surface area contributed by atoms with Gasteiger partial charge < -0.3 is 11.1 Å². The number of amides is 1. The molecule has 2 aliphatic rings. The molecule has 3 heteroatoms. The summed E-state index contributed by atoms with van der Waals surface area (Å²) in [4.78, 5) is 12.4. The molecule has 126 valence electrons. The maximum absolute atomic E-state index is 12.4. The van der Waals surface area contributed by atoms with Gasteiger partial charge in [-0.05, 0) is 49.7 Å². The van der Waals surface area contributed by atoms with E-state index in [1.807, 2.05) is 6.92 Å². The molecule has 3 nitrogen and oxygen atoms in total. The van der Waals surface area contributed by atoms with Crippen LogP contribution in [-0.4, -0.2) is 17.5 Å². The Morgan fingerprint density at radius 1 is 1.17 bits per heavy atom. The third kappa shape index (κ3) is 4.81. The second-order valence-corrected chi connectivity index (χ2v) is 7.80. The molecule has 0 saturated heterocycles. The molecule has 1 atom stereocenters. The lowest BCUT2D eigenvalue weighted by Gasteiger charge is -2.24. The molecule has 1 aromatic carbocycles. The molecule has 23 heavy (non-hydrogen) atoms. The van der Waals surface area contributed by atoms with Crippen LogP contribution in [-0.2, 0) is 17.6 Å². The summed E-state index contributed by atoms with van der Waals surface area (Å²) in [7, 11) is 0. The Labute approximate surface area is 140 Å². The molecule has 2 saturated carbocycles. The average molecular weight is 314 g/mol. The van der Waals surface area contributed by atoms with Gasteiger partial charge in [-0.15, -0.1) is 0 Å². The van der Waals surface area contributed by atoms with Gasteiger partial charge in [-0.2, -0.15) is 0 Å². The lowest BCUT2D eigenvalue weighted by molar-refractivity contribution is -0.125. The number of benzene rings is 1. The minimum absolute atomic E-state index is 0.0343. The molecule has 0 aromatic heterocycles. The number of nitrogens with two attached hydrogens (primary N) is 1. The van der Waals surface area contributed by atoms with Crippen molar-refractivity contribution in [2.75, 3.05) is 0 Å². The predicted molar refractivity (Wildman–Crippen MR) is 94.2 cm³/mol. The van der Waals surface area contributed by atoms with Crippen LogP contribution in [0.25, 0.3) is 0 Å². The summed E-state index contributed by atoms with van der Waals surface area (Å²) in [5, 5.41) is 3.23. The van der Waals surface area contributed by atoms with Crippen molar-refractivity contribution in [1.82, 2.24) is 5.32 Å². The summed E-state index contributed by atoms with van der Waals surface area (Å²) in [6.07, 6.45) is 10.2. The van der Waals surface area contributed by atoms with Crippen molar-refractivity contribution in [3.8, 4) is 0 Å². The smallest absolute Gasteiger partial charge is 0.223 e. The standard InChI is InChI=1S/C20H30N2O/c1-15(19(23)22-18-5-3-2-4-6-18)13-16-7-9-17(10-8-16)14-20(21)11-12-20/h7-10,15,18H,2-6,11-14,21H2,1H3,(H,22,23). The predicted octanol–water partition coefficient (Wildman–Crippen LogP) is 3.35. The molecule has 3 rings (SSSR count). The van der Waals surface area contributed by atoms with Crippen LogP contribution in [0.15, 0.2) is 24.3 Å². The van der Waals surface area contributed by atoms with Crippen LogP contribution in [0.2, 0.25) is 0 Å². The largest absolute Gasteiger partial charge is 0.353 e. The fourth-order valence-corrected chi connectivity index (χ4v) is 3.57. The Hall–Kier alpha value is -1.35. The van der Waals surface area contributed by atoms with E-state index in [9.17, 15) is 4.79 Å². The van der Waals surface area contributed by atoms with Crippen LogP contribution >= 0.6 is 0 Å². The number of nitrogens with one attached hydrogen (secondary N) is 1. The van der Waals surface area contributed by atoms with Crippen molar-refractivity contribution < 1.29 is 4.79 Å². The molecule has 3 N–H and O–H groups in total. The summed E-state index contributed by atoms with van der Waals surface area (Å²) in [6.45, 7) is 2.03. The van der Waals surface area contributed by atoms with E-state index in [1.165, 1.54) is 30.4 Å². The van der Waals surface area contributed by atoms with Gasteiger partial charge in [0.25, 0.3) is 0 Å². The third-order valence-electron chi connectivity index (χ3n) is 5.41. The molecule has 0 aliphatic heterocycles. The van der Waals surface area contributed by atoms with Crippen molar-refractivity contribution in [3.05, 3.63) is 35.4 Å². The van der Waals surface area contributed by atoms with E-state index < -0.39 is 0 Å². The summed E-state index contributed by atoms with van der Waals surface area (Å²) in [5.41, 5.74) is 8.79. The first-order valence-electron chi connectivity index (χ1n) is 9.21. The molecule has 2 fully saturated rings. The first kappa shape index (κ1) is 16.5. The van der Waals surface area contributed by atoms with Crippen molar-refractivity contribution >= 4 is 5.91 Å². The topological polar surface area (TPSA) is 55.1 Å². The Morgan fingerprint density at radius 3 is 2.39 bits per heavy atom. The second-order valence-electron chi connectivity index (χ2n) is 7.80. The van der Waals surface area contributed by atoms with Crippen molar-refractivity contribution in [2.24, 2.45) is 11.7 Å². The lowest BCUT2D eigenvalue weighted by Crippen LogP contribution is -2.39. The maximum atomic E-state index is 12.4. The van der Waals surface area contributed by atoms with Crippen molar-refractivity contribution in [1.29, 1.82) is 0 Å². The monoisotopic (exact) mass is 314 g/mol. The van der Waals surface area contributed by atoms with Gasteiger partial charge in [0.2, 0.25) is 5.91 Å². The van der Waals surface area contributed by atoms with Gasteiger partial charge in [0, 0.05) is 17.5 Å². The van der Waals surface area contributed by atoms with Crippen LogP contribution in [0.4, 0.5) is 0 Å². The number of carbonyl (C=O) groups excluding carboxylic acids is 1. The highest BCUT2D eigenvalue weighted by atomic mass is 16.1. The van der Waals surface area contributed by atoms with Crippen LogP contribution < -0.4 is 11.1 Å². The Kier molecular flexibility index (Phi) is 5.05. The van der Waals surface area contributed by atoms with E-state index in [1.54, 1.807) is 0 Å². The Morgan fingerprint density at radius 2 is 1.78 bits per heavy atom. The van der Waals surface area contributed by atoms with Crippen molar-refractivity contribution in [3.63, 3.8) is 0 Å². The van der Waals surface area contributed by atoms with Crippen LogP contribution in [0.5, 0.6) is 0 Å². The normalized spacial score (nSPS) is 21.7. The first-order chi connectivity index (χ1) is 11.0. The van der Waals surface area contributed by atoms with E-state index in [2.05, 4.69) is 29.6 Å². The lowest BCUT2D eigenvalue weighted by atomic mass is 9.93. The fourth-order valence-electron chi connectivity index (χ4n) is 3.57. The number of hydrogen-bond donors (Lipinski definition) is 2. The molecule has 1 unspecified atom stereocenters. The summed E-state index contributed by atoms with van der Waals surface area (Å²) in [5.74, 6) is 0.243. The molecule has 0 radical (unpaired) electrons. The number of rotatable bonds is 6. The maximum Gasteiger partial charge on any atom is 0.223 e. The molecule has 0 spiro atoms.